The van der Waals surface area contributed by atoms with Gasteiger partial charge in [0.25, 0.3) is 0 Å². The summed E-state index contributed by atoms with van der Waals surface area (Å²) in [6, 6.07) is 1.81. The maximum atomic E-state index is 12.9. The largest absolute Gasteiger partial charge is 0.466 e. The van der Waals surface area contributed by atoms with Gasteiger partial charge < -0.3 is 18.6 Å². The van der Waals surface area contributed by atoms with E-state index in [4.69, 9.17) is 14.2 Å². The van der Waals surface area contributed by atoms with E-state index < -0.39 is 30.1 Å². The number of Topliss-reactive ketones (excluding diaryl/α,β-unsaturated/α-hetero) is 1. The van der Waals surface area contributed by atoms with Crippen molar-refractivity contribution in [1.82, 2.24) is 4.40 Å². The zero-order valence-corrected chi connectivity index (χ0v) is 15.9. The van der Waals surface area contributed by atoms with Gasteiger partial charge in [0.1, 0.15) is 23.2 Å². The molecule has 2 aromatic heterocycles. The molecule has 0 aliphatic heterocycles. The Morgan fingerprint density at radius 3 is 2.15 bits per heavy atom. The van der Waals surface area contributed by atoms with Crippen molar-refractivity contribution in [3.63, 3.8) is 0 Å². The number of pyridine rings is 1. The Hall–Kier alpha value is -3.16. The first-order valence-electron chi connectivity index (χ1n) is 8.27. The van der Waals surface area contributed by atoms with Gasteiger partial charge in [-0.25, -0.2) is 9.59 Å². The number of methoxy groups -OCH3 is 2. The summed E-state index contributed by atoms with van der Waals surface area (Å²) in [5.74, 6) is -3.04. The van der Waals surface area contributed by atoms with E-state index in [1.165, 1.54) is 11.5 Å². The first kappa shape index (κ1) is 20.2. The molecule has 0 unspecified atom stereocenters. The number of esters is 3. The lowest BCUT2D eigenvalue weighted by Crippen LogP contribution is -2.18. The highest BCUT2D eigenvalue weighted by atomic mass is 16.5. The number of aromatic nitrogens is 1. The van der Waals surface area contributed by atoms with Crippen LogP contribution in [0, 0.1) is 13.8 Å². The highest BCUT2D eigenvalue weighted by Crippen LogP contribution is 2.30. The Kier molecular flexibility index (Phi) is 5.99. The number of aryl methyl sites for hydroxylation is 2. The normalized spacial score (nSPS) is 10.6. The van der Waals surface area contributed by atoms with E-state index in [0.29, 0.717) is 11.1 Å². The van der Waals surface area contributed by atoms with Crippen molar-refractivity contribution in [3.05, 3.63) is 40.2 Å². The van der Waals surface area contributed by atoms with Crippen LogP contribution in [0.4, 0.5) is 0 Å². The third-order valence-electron chi connectivity index (χ3n) is 4.01. The number of rotatable bonds is 6. The smallest absolute Gasteiger partial charge is 0.341 e. The highest BCUT2D eigenvalue weighted by Gasteiger charge is 2.34. The van der Waals surface area contributed by atoms with Crippen LogP contribution in [0.2, 0.25) is 0 Å². The lowest BCUT2D eigenvalue weighted by Gasteiger charge is -2.07. The van der Waals surface area contributed by atoms with Crippen molar-refractivity contribution in [3.8, 4) is 0 Å². The lowest BCUT2D eigenvalue weighted by molar-refractivity contribution is -0.141. The molecular weight excluding hydrogens is 354 g/mol. The molecule has 0 spiro atoms. The third-order valence-corrected chi connectivity index (χ3v) is 4.01. The first-order chi connectivity index (χ1) is 12.8. The molecule has 0 amide bonds. The van der Waals surface area contributed by atoms with Gasteiger partial charge in [0.2, 0.25) is 0 Å². The number of carbonyl (C=O) groups is 4. The second-order valence-electron chi connectivity index (χ2n) is 5.91. The van der Waals surface area contributed by atoms with Crippen LogP contribution in [0.25, 0.3) is 5.52 Å². The van der Waals surface area contributed by atoms with Gasteiger partial charge in [-0.3, -0.25) is 9.59 Å². The molecule has 2 aromatic rings. The Labute approximate surface area is 156 Å². The summed E-state index contributed by atoms with van der Waals surface area (Å²) in [5, 5.41) is 0. The van der Waals surface area contributed by atoms with Crippen molar-refractivity contribution in [2.24, 2.45) is 0 Å². The predicted molar refractivity (Wildman–Crippen MR) is 95.1 cm³/mol. The molecule has 2 heterocycles. The number of ether oxygens (including phenoxy) is 3. The van der Waals surface area contributed by atoms with Crippen LogP contribution < -0.4 is 0 Å². The highest BCUT2D eigenvalue weighted by molar-refractivity contribution is 6.18. The molecule has 8 nitrogen and oxygen atoms in total. The molecule has 144 valence electrons. The summed E-state index contributed by atoms with van der Waals surface area (Å²) < 4.78 is 15.9. The van der Waals surface area contributed by atoms with E-state index in [9.17, 15) is 19.2 Å². The zero-order valence-electron chi connectivity index (χ0n) is 15.9. The molecule has 0 aromatic carbocycles. The van der Waals surface area contributed by atoms with E-state index in [-0.39, 0.29) is 23.4 Å². The van der Waals surface area contributed by atoms with Crippen molar-refractivity contribution in [2.75, 3.05) is 20.8 Å². The van der Waals surface area contributed by atoms with Gasteiger partial charge in [-0.1, -0.05) is 6.07 Å². The SMILES string of the molecule is CCOC(=O)CC(=O)c1c(C(=O)OC)c(C(=O)OC)c2c(C)cc(C)cn12. The number of ketones is 1. The molecule has 0 bridgehead atoms. The summed E-state index contributed by atoms with van der Waals surface area (Å²) in [6.07, 6.45) is 1.04. The zero-order chi connectivity index (χ0) is 20.3. The van der Waals surface area contributed by atoms with E-state index in [0.717, 1.165) is 12.7 Å². The Bertz CT molecular complexity index is 939. The third kappa shape index (κ3) is 3.69. The van der Waals surface area contributed by atoms with Crippen LogP contribution in [-0.4, -0.2) is 48.9 Å². The fourth-order valence-corrected chi connectivity index (χ4v) is 3.06. The van der Waals surface area contributed by atoms with E-state index in [1.807, 2.05) is 13.0 Å². The van der Waals surface area contributed by atoms with Gasteiger partial charge in [-0.2, -0.15) is 0 Å². The topological polar surface area (TPSA) is 100 Å². The van der Waals surface area contributed by atoms with Gasteiger partial charge in [0.15, 0.2) is 5.78 Å². The fourth-order valence-electron chi connectivity index (χ4n) is 3.06. The fraction of sp³-hybridized carbons (Fsp3) is 0.368. The summed E-state index contributed by atoms with van der Waals surface area (Å²) in [4.78, 5) is 49.5. The average Bonchev–Trinajstić information content (AvgIpc) is 2.95. The molecule has 0 N–H and O–H groups in total. The van der Waals surface area contributed by atoms with Crippen molar-refractivity contribution < 1.29 is 33.4 Å². The van der Waals surface area contributed by atoms with Gasteiger partial charge in [0.05, 0.1) is 26.3 Å². The summed E-state index contributed by atoms with van der Waals surface area (Å²) in [7, 11) is 2.32. The molecule has 27 heavy (non-hydrogen) atoms. The Balaban J connectivity index is 2.88. The predicted octanol–water partition coefficient (Wildman–Crippen LogP) is 2.27. The Morgan fingerprint density at radius 2 is 1.59 bits per heavy atom. The van der Waals surface area contributed by atoms with Gasteiger partial charge in [0, 0.05) is 6.20 Å². The molecule has 0 saturated heterocycles. The molecule has 0 aliphatic rings. The monoisotopic (exact) mass is 375 g/mol. The van der Waals surface area contributed by atoms with Crippen LogP contribution in [0.3, 0.4) is 0 Å². The van der Waals surface area contributed by atoms with E-state index in [1.54, 1.807) is 20.0 Å². The minimum atomic E-state index is -0.872. The second-order valence-corrected chi connectivity index (χ2v) is 5.91. The maximum Gasteiger partial charge on any atom is 0.341 e. The van der Waals surface area contributed by atoms with Crippen molar-refractivity contribution >= 4 is 29.2 Å². The standard InChI is InChI=1S/C19H21NO7/c1-6-27-13(22)8-12(21)17-15(19(24)26-5)14(18(23)25-4)16-11(3)7-10(2)9-20(16)17/h7,9H,6,8H2,1-5H3. The molecule has 0 saturated carbocycles. The van der Waals surface area contributed by atoms with Crippen LogP contribution >= 0.6 is 0 Å². The van der Waals surface area contributed by atoms with Crippen LogP contribution in [0.15, 0.2) is 12.3 Å². The number of fused-ring (bicyclic) bond motifs is 1. The molecule has 0 aliphatic carbocycles. The summed E-state index contributed by atoms with van der Waals surface area (Å²) in [5.41, 5.74) is 1.39. The minimum absolute atomic E-state index is 0.0749. The number of hydrogen-bond acceptors (Lipinski definition) is 7. The molecular formula is C19H21NO7. The molecule has 2 rings (SSSR count). The number of carbonyl (C=O) groups excluding carboxylic acids is 4. The number of nitrogens with zero attached hydrogens (tertiary/aromatic N) is 1. The molecule has 0 radical (unpaired) electrons. The van der Waals surface area contributed by atoms with Crippen LogP contribution in [0.5, 0.6) is 0 Å². The lowest BCUT2D eigenvalue weighted by atomic mass is 10.0. The maximum absolute atomic E-state index is 12.9. The van der Waals surface area contributed by atoms with E-state index >= 15 is 0 Å². The van der Waals surface area contributed by atoms with Crippen LogP contribution in [0.1, 0.15) is 55.7 Å². The second kappa shape index (κ2) is 8.03. The first-order valence-corrected chi connectivity index (χ1v) is 8.27. The quantitative estimate of drug-likeness (QED) is 0.330. The molecule has 0 atom stereocenters. The van der Waals surface area contributed by atoms with Gasteiger partial charge in [-0.15, -0.1) is 0 Å². The number of hydrogen-bond donors (Lipinski definition) is 0. The minimum Gasteiger partial charge on any atom is -0.466 e. The molecule has 0 fully saturated rings. The summed E-state index contributed by atoms with van der Waals surface area (Å²) >= 11 is 0. The summed E-state index contributed by atoms with van der Waals surface area (Å²) in [6.45, 7) is 5.30. The van der Waals surface area contributed by atoms with Gasteiger partial charge >= 0.3 is 17.9 Å². The van der Waals surface area contributed by atoms with Crippen molar-refractivity contribution in [1.29, 1.82) is 0 Å². The van der Waals surface area contributed by atoms with E-state index in [2.05, 4.69) is 0 Å². The average molecular weight is 375 g/mol. The van der Waals surface area contributed by atoms with Crippen LogP contribution in [-0.2, 0) is 19.0 Å². The molecule has 8 heteroatoms. The van der Waals surface area contributed by atoms with Crippen molar-refractivity contribution in [2.45, 2.75) is 27.2 Å². The van der Waals surface area contributed by atoms with Gasteiger partial charge in [-0.05, 0) is 31.9 Å². The Morgan fingerprint density at radius 1 is 1.00 bits per heavy atom.